The molecule has 10 aliphatic heterocycles. The summed E-state index contributed by atoms with van der Waals surface area (Å²) in [4.78, 5) is 34.7. The van der Waals surface area contributed by atoms with Crippen molar-refractivity contribution in [2.45, 2.75) is 47.2 Å². The Balaban J connectivity index is 1.13. The van der Waals surface area contributed by atoms with Crippen LogP contribution in [0.5, 0.6) is 0 Å². The quantitative estimate of drug-likeness (QED) is 0.429. The van der Waals surface area contributed by atoms with E-state index in [0.29, 0.717) is 21.2 Å². The first-order chi connectivity index (χ1) is 13.9. The minimum absolute atomic E-state index is 0.181. The normalized spacial score (nSPS) is 77.7. The van der Waals surface area contributed by atoms with E-state index in [0.717, 1.165) is 40.4 Å². The number of carbonyl (C=O) groups excluding carboxylic acids is 2. The first-order valence-corrected chi connectivity index (χ1v) is 16.9. The Kier molecular flexibility index (Phi) is 0.657. The van der Waals surface area contributed by atoms with Gasteiger partial charge in [0.2, 0.25) is 0 Å². The van der Waals surface area contributed by atoms with Crippen molar-refractivity contribution >= 4 is 23.7 Å². The van der Waals surface area contributed by atoms with Crippen LogP contribution in [0.4, 0.5) is 0 Å². The van der Waals surface area contributed by atoms with Crippen molar-refractivity contribution < 1.29 is 24.9 Å². The number of fused-ring (bicyclic) bond motifs is 10. The fourth-order valence-corrected chi connectivity index (χ4v) is 94.7. The molecule has 0 aliphatic carbocycles. The molecule has 0 N–H and O–H groups in total. The number of allylic oxidation sites excluding steroid dienone is 2. The maximum absolute atomic E-state index is 14.0. The van der Waals surface area contributed by atoms with Gasteiger partial charge in [-0.3, -0.25) is 0 Å². The van der Waals surface area contributed by atoms with E-state index in [1.807, 2.05) is 36.4 Å². The van der Waals surface area contributed by atoms with Crippen molar-refractivity contribution in [3.63, 3.8) is 0 Å². The molecule has 2 aromatic heterocycles. The molecule has 0 radical (unpaired) electrons. The summed E-state index contributed by atoms with van der Waals surface area (Å²) >= 11 is 0. The summed E-state index contributed by atoms with van der Waals surface area (Å²) in [6.07, 6.45) is 10.5. The molecule has 0 amide bonds. The van der Waals surface area contributed by atoms with Gasteiger partial charge >= 0.3 is 156 Å². The second kappa shape index (κ2) is 1.52. The number of hydrogen-bond acceptors (Lipinski definition) is 4. The number of ketones is 2. The summed E-state index contributed by atoms with van der Waals surface area (Å²) < 4.78 is 10.5. The van der Waals surface area contributed by atoms with Crippen molar-refractivity contribution in [1.29, 1.82) is 0 Å². The number of carbonyl (C=O) groups is 2. The summed E-state index contributed by atoms with van der Waals surface area (Å²) in [5.74, 6) is 2.08. The van der Waals surface area contributed by atoms with Gasteiger partial charge in [-0.25, -0.2) is 0 Å². The van der Waals surface area contributed by atoms with Gasteiger partial charge in [-0.2, -0.15) is 0 Å². The van der Waals surface area contributed by atoms with Crippen LogP contribution in [0.15, 0.2) is 57.8 Å². The van der Waals surface area contributed by atoms with Crippen LogP contribution in [0, 0.1) is 0 Å². The number of furan rings is 2. The third-order valence-corrected chi connectivity index (χ3v) is 60.2. The zero-order chi connectivity index (χ0) is 18.7. The van der Waals surface area contributed by atoms with E-state index in [-0.39, 0.29) is 8.63 Å². The molecule has 2 aromatic rings. The van der Waals surface area contributed by atoms with Gasteiger partial charge in [0.25, 0.3) is 0 Å². The molecular weight excluding hydrogens is 408 g/mol. The van der Waals surface area contributed by atoms with Gasteiger partial charge in [-0.15, -0.1) is 0 Å². The first kappa shape index (κ1) is 12.6. The molecule has 4 nitrogen and oxygen atoms in total. The average molecular weight is 426 g/mol. The zero-order valence-corrected chi connectivity index (χ0v) is 16.5. The first-order valence-electron chi connectivity index (χ1n) is 10.7. The molecule has 4 atom stereocenters. The van der Waals surface area contributed by atoms with E-state index < -0.39 is 6.51 Å². The van der Waals surface area contributed by atoms with Crippen LogP contribution in [0.3, 0.4) is 0 Å². The van der Waals surface area contributed by atoms with Crippen molar-refractivity contribution in [3.8, 4) is 0 Å². The standard InChI is InChI=1S/C19H13O4.C5H5.Fe/c20-18(10-8-14-4-2-12-22-14)16-6-1-7-17(16)19(21)11-9-15-5-3-13-23-15;1-2-4-5-3-1;/h1-13H;1-5H;. The molecule has 10 aliphatic rings. The molecule has 1 spiro atoms. The predicted octanol–water partition coefficient (Wildman–Crippen LogP) is 5.87. The van der Waals surface area contributed by atoms with E-state index in [9.17, 15) is 9.59 Å². The van der Waals surface area contributed by atoms with Crippen LogP contribution in [-0.4, -0.2) is 11.6 Å². The van der Waals surface area contributed by atoms with Crippen molar-refractivity contribution in [2.75, 3.05) is 0 Å². The average Bonchev–Trinajstić information content (AvgIpc) is 3.58. The Hall–Kier alpha value is -2.10. The third kappa shape index (κ3) is 0.217. The number of hydrogen-bond donors (Lipinski definition) is 0. The Morgan fingerprint density at radius 3 is 1.52 bits per heavy atom. The maximum atomic E-state index is 14.0. The van der Waals surface area contributed by atoms with Gasteiger partial charge in [-0.1, -0.05) is 0 Å². The van der Waals surface area contributed by atoms with Crippen LogP contribution in [0.2, 0.25) is 47.2 Å². The molecule has 0 saturated carbocycles. The van der Waals surface area contributed by atoms with E-state index >= 15 is 0 Å². The second-order valence-corrected chi connectivity index (χ2v) is 36.4. The van der Waals surface area contributed by atoms with Crippen LogP contribution >= 0.6 is 0 Å². The predicted molar refractivity (Wildman–Crippen MR) is 101 cm³/mol. The molecule has 0 bridgehead atoms. The summed E-state index contributed by atoms with van der Waals surface area (Å²) in [7, 11) is 0. The molecule has 146 valence electrons. The molecule has 10 fully saturated rings. The van der Waals surface area contributed by atoms with Gasteiger partial charge in [-0.05, 0) is 0 Å². The molecule has 12 rings (SSSR count). The third-order valence-electron chi connectivity index (χ3n) is 17.5. The van der Waals surface area contributed by atoms with E-state index in [4.69, 9.17) is 8.83 Å². The van der Waals surface area contributed by atoms with Crippen LogP contribution < -0.4 is 0 Å². The van der Waals surface area contributed by atoms with Crippen LogP contribution in [0.1, 0.15) is 11.5 Å². The Bertz CT molecular complexity index is 1600. The topological polar surface area (TPSA) is 60.4 Å². The van der Waals surface area contributed by atoms with Crippen LogP contribution in [-0.2, 0) is 16.1 Å². The second-order valence-electron chi connectivity index (χ2n) is 13.2. The Morgan fingerprint density at radius 2 is 1.21 bits per heavy atom. The molecular formula is C24H18FeO4. The van der Waals surface area contributed by atoms with Gasteiger partial charge in [0, 0.05) is 0 Å². The fraction of sp³-hybridized carbons (Fsp3) is 0.417. The summed E-state index contributed by atoms with van der Waals surface area (Å²) in [5, 5.41) is 0. The van der Waals surface area contributed by atoms with Crippen molar-refractivity contribution in [2.24, 2.45) is 0 Å². The number of rotatable bonds is 6. The van der Waals surface area contributed by atoms with Gasteiger partial charge in [0.15, 0.2) is 0 Å². The zero-order valence-electron chi connectivity index (χ0n) is 15.4. The minimum atomic E-state index is -4.11. The van der Waals surface area contributed by atoms with Crippen molar-refractivity contribution in [1.82, 2.24) is 0 Å². The monoisotopic (exact) mass is 426 g/mol. The molecule has 29 heavy (non-hydrogen) atoms. The van der Waals surface area contributed by atoms with E-state index in [1.165, 1.54) is 0 Å². The molecule has 5 heteroatoms. The molecule has 0 aromatic carbocycles. The van der Waals surface area contributed by atoms with E-state index in [1.54, 1.807) is 24.7 Å². The van der Waals surface area contributed by atoms with Crippen LogP contribution in [0.25, 0.3) is 12.2 Å². The molecule has 10 saturated heterocycles. The summed E-state index contributed by atoms with van der Waals surface area (Å²) in [6.45, 7) is -4.11. The van der Waals surface area contributed by atoms with E-state index in [2.05, 4.69) is 0 Å². The van der Waals surface area contributed by atoms with Gasteiger partial charge in [0.05, 0.1) is 0 Å². The Morgan fingerprint density at radius 1 is 0.759 bits per heavy atom. The molecule has 12 heterocycles. The SMILES string of the molecule is O=C(C=Cc1ccco1)[C]12[CH]3[CH]4[CH]5[C]1(C(=O)C=Cc1ccco1)[Fe]43521678[CH]2[CH]1[CH]6[CH]7[CH]28. The Labute approximate surface area is 156 Å². The summed E-state index contributed by atoms with van der Waals surface area (Å²) in [5.41, 5.74) is 0. The van der Waals surface area contributed by atoms with Gasteiger partial charge in [0.1, 0.15) is 0 Å². The fourth-order valence-electron chi connectivity index (χ4n) is 19.3. The molecule has 4 unspecified atom stereocenters. The summed E-state index contributed by atoms with van der Waals surface area (Å²) in [6, 6.07) is 7.46. The van der Waals surface area contributed by atoms with Crippen molar-refractivity contribution in [3.05, 3.63) is 60.5 Å². The van der Waals surface area contributed by atoms with Gasteiger partial charge < -0.3 is 0 Å².